The highest BCUT2D eigenvalue weighted by Gasteiger charge is 2.39. The maximum absolute atomic E-state index is 13.2. The first-order valence-corrected chi connectivity index (χ1v) is 11.6. The predicted molar refractivity (Wildman–Crippen MR) is 129 cm³/mol. The standard InChI is InChI=1S/C23H21ClF6N6O4/c24-15-6-4-12(5-7-15)19-34-36(21(40)35(19)10-17(37)23(28,29)30)11-18(38)33-16(9-32-20(31)39)13-2-1-3-14(8-13)22(25,26)27/h1-8,16-17,37H,9-11H2,(H,33,38)(H3,31,32,39). The summed E-state index contributed by atoms with van der Waals surface area (Å²) in [6.07, 6.45) is -12.7. The van der Waals surface area contributed by atoms with E-state index in [9.17, 15) is 45.8 Å². The van der Waals surface area contributed by atoms with Gasteiger partial charge < -0.3 is 21.5 Å². The minimum absolute atomic E-state index is 0.0649. The highest BCUT2D eigenvalue weighted by molar-refractivity contribution is 6.30. The Labute approximate surface area is 226 Å². The van der Waals surface area contributed by atoms with Crippen LogP contribution < -0.4 is 22.1 Å². The lowest BCUT2D eigenvalue weighted by Gasteiger charge is -2.20. The second-order valence-electron chi connectivity index (χ2n) is 8.43. The molecule has 10 nitrogen and oxygen atoms in total. The van der Waals surface area contributed by atoms with Gasteiger partial charge in [0.25, 0.3) is 0 Å². The fourth-order valence-corrected chi connectivity index (χ4v) is 3.69. The summed E-state index contributed by atoms with van der Waals surface area (Å²) in [6.45, 7) is -2.54. The fourth-order valence-electron chi connectivity index (χ4n) is 3.56. The van der Waals surface area contributed by atoms with Gasteiger partial charge in [-0.3, -0.25) is 9.36 Å². The van der Waals surface area contributed by atoms with Gasteiger partial charge in [0.1, 0.15) is 6.54 Å². The first-order chi connectivity index (χ1) is 18.6. The van der Waals surface area contributed by atoms with Crippen molar-refractivity contribution in [1.82, 2.24) is 25.0 Å². The molecule has 1 heterocycles. The summed E-state index contributed by atoms with van der Waals surface area (Å²) in [5.41, 5.74) is 2.89. The summed E-state index contributed by atoms with van der Waals surface area (Å²) in [5, 5.41) is 18.3. The van der Waals surface area contributed by atoms with Gasteiger partial charge in [0.2, 0.25) is 5.91 Å². The molecule has 0 saturated heterocycles. The average Bonchev–Trinajstić information content (AvgIpc) is 3.15. The molecule has 0 fully saturated rings. The molecule has 0 radical (unpaired) electrons. The Morgan fingerprint density at radius 3 is 2.30 bits per heavy atom. The van der Waals surface area contributed by atoms with Crippen molar-refractivity contribution in [3.8, 4) is 11.4 Å². The maximum atomic E-state index is 13.2. The Kier molecular flexibility index (Phi) is 9.14. The molecule has 0 aliphatic rings. The molecule has 0 aliphatic heterocycles. The second kappa shape index (κ2) is 12.0. The molecule has 1 aromatic heterocycles. The molecule has 216 valence electrons. The third-order valence-corrected chi connectivity index (χ3v) is 5.74. The van der Waals surface area contributed by atoms with Gasteiger partial charge in [0, 0.05) is 17.1 Å². The van der Waals surface area contributed by atoms with Gasteiger partial charge in [0.15, 0.2) is 11.9 Å². The van der Waals surface area contributed by atoms with E-state index < -0.39 is 67.3 Å². The summed E-state index contributed by atoms with van der Waals surface area (Å²) >= 11 is 5.83. The fraction of sp³-hybridized carbons (Fsp3) is 0.304. The van der Waals surface area contributed by atoms with Gasteiger partial charge in [-0.15, -0.1) is 5.10 Å². The molecule has 0 bridgehead atoms. The number of hydrogen-bond donors (Lipinski definition) is 4. The van der Waals surface area contributed by atoms with E-state index in [-0.39, 0.29) is 22.0 Å². The van der Waals surface area contributed by atoms with Crippen molar-refractivity contribution in [2.24, 2.45) is 5.73 Å². The predicted octanol–water partition coefficient (Wildman–Crippen LogP) is 2.83. The van der Waals surface area contributed by atoms with E-state index in [1.807, 2.05) is 0 Å². The van der Waals surface area contributed by atoms with Gasteiger partial charge in [-0.25, -0.2) is 14.3 Å². The van der Waals surface area contributed by atoms with Gasteiger partial charge in [-0.05, 0) is 42.0 Å². The second-order valence-corrected chi connectivity index (χ2v) is 8.86. The van der Waals surface area contributed by atoms with Gasteiger partial charge in [-0.2, -0.15) is 26.3 Å². The van der Waals surface area contributed by atoms with E-state index >= 15 is 0 Å². The highest BCUT2D eigenvalue weighted by Crippen LogP contribution is 2.31. The zero-order valence-electron chi connectivity index (χ0n) is 20.1. The van der Waals surface area contributed by atoms with Gasteiger partial charge >= 0.3 is 24.1 Å². The van der Waals surface area contributed by atoms with Crippen molar-refractivity contribution in [2.45, 2.75) is 37.6 Å². The Morgan fingerprint density at radius 1 is 1.07 bits per heavy atom. The Bertz CT molecular complexity index is 1420. The monoisotopic (exact) mass is 594 g/mol. The number of urea groups is 1. The van der Waals surface area contributed by atoms with Crippen molar-refractivity contribution in [3.63, 3.8) is 0 Å². The number of carbonyl (C=O) groups is 2. The van der Waals surface area contributed by atoms with Gasteiger partial charge in [0.05, 0.1) is 18.2 Å². The number of rotatable bonds is 9. The maximum Gasteiger partial charge on any atom is 0.416 e. The number of aliphatic hydroxyl groups excluding tert-OH is 1. The van der Waals surface area contributed by atoms with E-state index in [4.69, 9.17) is 17.3 Å². The van der Waals surface area contributed by atoms with E-state index in [1.54, 1.807) is 0 Å². The third kappa shape index (κ3) is 7.75. The number of amides is 3. The smallest absolute Gasteiger partial charge is 0.382 e. The van der Waals surface area contributed by atoms with E-state index in [0.29, 0.717) is 9.25 Å². The highest BCUT2D eigenvalue weighted by atomic mass is 35.5. The summed E-state index contributed by atoms with van der Waals surface area (Å²) in [6, 6.07) is 7.05. The normalized spacial score (nSPS) is 13.5. The quantitative estimate of drug-likeness (QED) is 0.282. The van der Waals surface area contributed by atoms with E-state index in [1.165, 1.54) is 30.3 Å². The lowest BCUT2D eigenvalue weighted by atomic mass is 10.0. The summed E-state index contributed by atoms with van der Waals surface area (Å²) in [5.74, 6) is -1.30. The van der Waals surface area contributed by atoms with Crippen molar-refractivity contribution in [1.29, 1.82) is 0 Å². The number of nitrogens with two attached hydrogens (primary N) is 1. The summed E-state index contributed by atoms with van der Waals surface area (Å²) in [7, 11) is 0. The molecule has 3 aromatic rings. The molecule has 2 aromatic carbocycles. The minimum Gasteiger partial charge on any atom is -0.382 e. The van der Waals surface area contributed by atoms with Crippen molar-refractivity contribution in [2.75, 3.05) is 6.54 Å². The van der Waals surface area contributed by atoms with Crippen molar-refractivity contribution in [3.05, 3.63) is 75.2 Å². The lowest BCUT2D eigenvalue weighted by molar-refractivity contribution is -0.207. The molecule has 2 unspecified atom stereocenters. The van der Waals surface area contributed by atoms with Crippen LogP contribution in [0, 0.1) is 0 Å². The molecule has 5 N–H and O–H groups in total. The first-order valence-electron chi connectivity index (χ1n) is 11.2. The average molecular weight is 595 g/mol. The topological polar surface area (TPSA) is 144 Å². The third-order valence-electron chi connectivity index (χ3n) is 5.48. The van der Waals surface area contributed by atoms with Crippen LogP contribution in [0.4, 0.5) is 31.1 Å². The van der Waals surface area contributed by atoms with Crippen LogP contribution in [-0.4, -0.2) is 50.2 Å². The van der Waals surface area contributed by atoms with Crippen molar-refractivity contribution >= 4 is 23.5 Å². The molecule has 0 spiro atoms. The van der Waals surface area contributed by atoms with Crippen LogP contribution in [0.1, 0.15) is 17.2 Å². The van der Waals surface area contributed by atoms with Crippen LogP contribution in [0.15, 0.2) is 53.3 Å². The number of alkyl halides is 6. The number of nitrogens with zero attached hydrogens (tertiary/aromatic N) is 3. The molecule has 0 aliphatic carbocycles. The van der Waals surface area contributed by atoms with Crippen LogP contribution in [-0.2, 0) is 24.1 Å². The number of nitrogens with one attached hydrogen (secondary N) is 2. The van der Waals surface area contributed by atoms with E-state index in [0.717, 1.165) is 18.2 Å². The number of primary amides is 1. The number of aliphatic hydroxyl groups is 1. The lowest BCUT2D eigenvalue weighted by Crippen LogP contribution is -2.42. The Morgan fingerprint density at radius 2 is 1.73 bits per heavy atom. The number of hydrogen-bond acceptors (Lipinski definition) is 5. The molecular weight excluding hydrogens is 574 g/mol. The van der Waals surface area contributed by atoms with Crippen molar-refractivity contribution < 1.29 is 41.0 Å². The van der Waals surface area contributed by atoms with Crippen LogP contribution >= 0.6 is 11.6 Å². The molecule has 40 heavy (non-hydrogen) atoms. The summed E-state index contributed by atoms with van der Waals surface area (Å²) < 4.78 is 79.7. The van der Waals surface area contributed by atoms with Crippen LogP contribution in [0.3, 0.4) is 0 Å². The van der Waals surface area contributed by atoms with E-state index in [2.05, 4.69) is 15.7 Å². The zero-order chi connectivity index (χ0) is 29.8. The minimum atomic E-state index is -5.07. The molecule has 17 heteroatoms. The molecule has 3 rings (SSSR count). The molecule has 0 saturated carbocycles. The summed E-state index contributed by atoms with van der Waals surface area (Å²) in [4.78, 5) is 36.9. The van der Waals surface area contributed by atoms with Gasteiger partial charge in [-0.1, -0.05) is 23.7 Å². The molecule has 3 amide bonds. The number of halogens is 7. The van der Waals surface area contributed by atoms with Crippen LogP contribution in [0.25, 0.3) is 11.4 Å². The Hall–Kier alpha value is -4.05. The SMILES string of the molecule is NC(=O)NCC(NC(=O)Cn1nc(-c2ccc(Cl)cc2)n(CC(O)C(F)(F)F)c1=O)c1cccc(C(F)(F)F)c1. The first kappa shape index (κ1) is 30.5. The largest absolute Gasteiger partial charge is 0.416 e. The Balaban J connectivity index is 1.93. The molecule has 2 atom stereocenters. The zero-order valence-corrected chi connectivity index (χ0v) is 20.9. The van der Waals surface area contributed by atoms with Crippen LogP contribution in [0.5, 0.6) is 0 Å². The molecular formula is C23H21ClF6N6O4. The number of carbonyl (C=O) groups excluding carboxylic acids is 2. The number of aromatic nitrogens is 3. The van der Waals surface area contributed by atoms with Crippen LogP contribution in [0.2, 0.25) is 5.02 Å². The number of benzene rings is 2.